The van der Waals surface area contributed by atoms with Crippen LogP contribution in [0, 0.1) is 0 Å². The number of fused-ring (bicyclic) bond motifs is 1. The Hall–Kier alpha value is -1.57. The van der Waals surface area contributed by atoms with Gasteiger partial charge in [0.2, 0.25) is 5.91 Å². The van der Waals surface area contributed by atoms with Crippen LogP contribution in [0.4, 0.5) is 24.5 Å². The third kappa shape index (κ3) is 2.79. The van der Waals surface area contributed by atoms with Crippen LogP contribution in [0.5, 0.6) is 0 Å². The third-order valence-corrected chi connectivity index (χ3v) is 3.37. The first-order chi connectivity index (χ1) is 9.20. The van der Waals surface area contributed by atoms with Gasteiger partial charge in [-0.05, 0) is 24.1 Å². The van der Waals surface area contributed by atoms with Gasteiger partial charge in [0.25, 0.3) is 0 Å². The minimum Gasteiger partial charge on any atom is -0.316 e. The molecule has 1 N–H and O–H groups in total. The molecular formula is C12H10BrF3N2O2. The van der Waals surface area contributed by atoms with Gasteiger partial charge in [-0.1, -0.05) is 15.9 Å². The summed E-state index contributed by atoms with van der Waals surface area (Å²) in [5.41, 5.74) is 1.02. The van der Waals surface area contributed by atoms with Crippen molar-refractivity contribution in [3.8, 4) is 0 Å². The SMILES string of the molecule is CC(=O)N1CCc2cc(Br)cc(NC(=O)C(F)(F)F)c21. The lowest BCUT2D eigenvalue weighted by Gasteiger charge is -2.19. The van der Waals surface area contributed by atoms with Crippen LogP contribution >= 0.6 is 15.9 Å². The average molecular weight is 351 g/mol. The van der Waals surface area contributed by atoms with Crippen molar-refractivity contribution in [1.29, 1.82) is 0 Å². The molecule has 0 bridgehead atoms. The van der Waals surface area contributed by atoms with Crippen LogP contribution < -0.4 is 10.2 Å². The Morgan fingerprint density at radius 2 is 2.00 bits per heavy atom. The van der Waals surface area contributed by atoms with E-state index in [-0.39, 0.29) is 11.6 Å². The van der Waals surface area contributed by atoms with Crippen molar-refractivity contribution < 1.29 is 22.8 Å². The van der Waals surface area contributed by atoms with E-state index < -0.39 is 12.1 Å². The molecular weight excluding hydrogens is 341 g/mol. The number of anilines is 2. The molecule has 4 nitrogen and oxygen atoms in total. The van der Waals surface area contributed by atoms with E-state index in [9.17, 15) is 22.8 Å². The number of alkyl halides is 3. The molecule has 1 heterocycles. The van der Waals surface area contributed by atoms with Gasteiger partial charge >= 0.3 is 12.1 Å². The predicted octanol–water partition coefficient (Wildman–Crippen LogP) is 2.86. The smallest absolute Gasteiger partial charge is 0.316 e. The zero-order valence-corrected chi connectivity index (χ0v) is 11.9. The van der Waals surface area contributed by atoms with E-state index in [0.717, 1.165) is 0 Å². The van der Waals surface area contributed by atoms with Gasteiger partial charge in [-0.15, -0.1) is 0 Å². The molecule has 20 heavy (non-hydrogen) atoms. The number of carbonyl (C=O) groups is 2. The maximum Gasteiger partial charge on any atom is 0.471 e. The van der Waals surface area contributed by atoms with Gasteiger partial charge in [-0.25, -0.2) is 0 Å². The Morgan fingerprint density at radius 3 is 2.55 bits per heavy atom. The standard InChI is InChI=1S/C12H10BrF3N2O2/c1-6(19)18-3-2-7-4-8(13)5-9(10(7)18)17-11(20)12(14,15)16/h4-5H,2-3H2,1H3,(H,17,20). The molecule has 0 unspecified atom stereocenters. The molecule has 2 rings (SSSR count). The summed E-state index contributed by atoms with van der Waals surface area (Å²) in [6.07, 6.45) is -4.45. The highest BCUT2D eigenvalue weighted by molar-refractivity contribution is 9.10. The second-order valence-electron chi connectivity index (χ2n) is 4.33. The van der Waals surface area contributed by atoms with Crippen LogP contribution in [0.2, 0.25) is 0 Å². The number of hydrogen-bond donors (Lipinski definition) is 1. The third-order valence-electron chi connectivity index (χ3n) is 2.91. The van der Waals surface area contributed by atoms with E-state index in [1.807, 2.05) is 5.32 Å². The monoisotopic (exact) mass is 350 g/mol. The highest BCUT2D eigenvalue weighted by Crippen LogP contribution is 2.39. The van der Waals surface area contributed by atoms with Crippen LogP contribution in [0.25, 0.3) is 0 Å². The van der Waals surface area contributed by atoms with Crippen LogP contribution in [0.15, 0.2) is 16.6 Å². The molecule has 0 fully saturated rings. The first-order valence-corrected chi connectivity index (χ1v) is 6.48. The highest BCUT2D eigenvalue weighted by Gasteiger charge is 2.39. The van der Waals surface area contributed by atoms with Crippen LogP contribution in [-0.2, 0) is 16.0 Å². The van der Waals surface area contributed by atoms with E-state index in [1.165, 1.54) is 17.9 Å². The molecule has 1 aromatic rings. The first-order valence-electron chi connectivity index (χ1n) is 5.69. The number of carbonyl (C=O) groups excluding carboxylic acids is 2. The molecule has 1 aliphatic rings. The maximum atomic E-state index is 12.3. The van der Waals surface area contributed by atoms with Crippen molar-refractivity contribution in [2.45, 2.75) is 19.5 Å². The van der Waals surface area contributed by atoms with Gasteiger partial charge in [0, 0.05) is 17.9 Å². The maximum absolute atomic E-state index is 12.3. The quantitative estimate of drug-likeness (QED) is 0.846. The van der Waals surface area contributed by atoms with E-state index in [2.05, 4.69) is 15.9 Å². The molecule has 8 heteroatoms. The summed E-state index contributed by atoms with van der Waals surface area (Å²) in [7, 11) is 0. The lowest BCUT2D eigenvalue weighted by molar-refractivity contribution is -0.167. The number of benzene rings is 1. The predicted molar refractivity (Wildman–Crippen MR) is 70.6 cm³/mol. The van der Waals surface area contributed by atoms with Crippen molar-refractivity contribution in [1.82, 2.24) is 0 Å². The van der Waals surface area contributed by atoms with Crippen molar-refractivity contribution >= 4 is 39.1 Å². The van der Waals surface area contributed by atoms with Crippen LogP contribution in [0.1, 0.15) is 12.5 Å². The topological polar surface area (TPSA) is 49.4 Å². The fourth-order valence-electron chi connectivity index (χ4n) is 2.11. The number of nitrogens with one attached hydrogen (secondary N) is 1. The van der Waals surface area contributed by atoms with Gasteiger partial charge in [-0.3, -0.25) is 9.59 Å². The summed E-state index contributed by atoms with van der Waals surface area (Å²) in [6, 6.07) is 3.07. The number of rotatable bonds is 1. The molecule has 1 aromatic carbocycles. The Morgan fingerprint density at radius 1 is 1.35 bits per heavy atom. The fraction of sp³-hybridized carbons (Fsp3) is 0.333. The van der Waals surface area contributed by atoms with Crippen molar-refractivity contribution in [2.75, 3.05) is 16.8 Å². The highest BCUT2D eigenvalue weighted by atomic mass is 79.9. The lowest BCUT2D eigenvalue weighted by Crippen LogP contribution is -2.32. The fourth-order valence-corrected chi connectivity index (χ4v) is 2.62. The zero-order chi connectivity index (χ0) is 15.1. The molecule has 1 aliphatic heterocycles. The molecule has 0 atom stereocenters. The minimum absolute atomic E-state index is 0.0237. The Labute approximate surface area is 121 Å². The Kier molecular flexibility index (Phi) is 3.77. The van der Waals surface area contributed by atoms with Crippen LogP contribution in [0.3, 0.4) is 0 Å². The van der Waals surface area contributed by atoms with Gasteiger partial charge in [-0.2, -0.15) is 13.2 Å². The molecule has 0 aliphatic carbocycles. The molecule has 0 spiro atoms. The number of halogens is 4. The molecule has 0 saturated carbocycles. The molecule has 108 valence electrons. The summed E-state index contributed by atoms with van der Waals surface area (Å²) >= 11 is 3.18. The van der Waals surface area contributed by atoms with Crippen molar-refractivity contribution in [2.24, 2.45) is 0 Å². The van der Waals surface area contributed by atoms with Crippen LogP contribution in [-0.4, -0.2) is 24.5 Å². The largest absolute Gasteiger partial charge is 0.471 e. The number of nitrogens with zero attached hydrogens (tertiary/aromatic N) is 1. The number of amides is 2. The molecule has 0 aromatic heterocycles. The molecule has 0 radical (unpaired) electrons. The normalized spacial score (nSPS) is 14.2. The van der Waals surface area contributed by atoms with Gasteiger partial charge < -0.3 is 10.2 Å². The summed E-state index contributed by atoms with van der Waals surface area (Å²) < 4.78 is 37.6. The first kappa shape index (κ1) is 14.8. The van der Waals surface area contributed by atoms with Gasteiger partial charge in [0.1, 0.15) is 0 Å². The van der Waals surface area contributed by atoms with E-state index >= 15 is 0 Å². The Bertz CT molecular complexity index is 587. The summed E-state index contributed by atoms with van der Waals surface area (Å²) in [5.74, 6) is -2.35. The van der Waals surface area contributed by atoms with Gasteiger partial charge in [0.15, 0.2) is 0 Å². The summed E-state index contributed by atoms with van der Waals surface area (Å²) in [6.45, 7) is 1.71. The van der Waals surface area contributed by atoms with Crippen molar-refractivity contribution in [3.05, 3.63) is 22.2 Å². The Balaban J connectivity index is 2.44. The average Bonchev–Trinajstić information content (AvgIpc) is 2.71. The molecule has 0 saturated heterocycles. The van der Waals surface area contributed by atoms with E-state index in [0.29, 0.717) is 28.7 Å². The number of hydrogen-bond acceptors (Lipinski definition) is 2. The van der Waals surface area contributed by atoms with Gasteiger partial charge in [0.05, 0.1) is 11.4 Å². The molecule has 2 amide bonds. The zero-order valence-electron chi connectivity index (χ0n) is 10.3. The minimum atomic E-state index is -4.98. The van der Waals surface area contributed by atoms with E-state index in [1.54, 1.807) is 6.07 Å². The van der Waals surface area contributed by atoms with Crippen molar-refractivity contribution in [3.63, 3.8) is 0 Å². The summed E-state index contributed by atoms with van der Waals surface area (Å²) in [4.78, 5) is 23.9. The second-order valence-corrected chi connectivity index (χ2v) is 5.25. The second kappa shape index (κ2) is 5.08. The lowest BCUT2D eigenvalue weighted by atomic mass is 10.1. The summed E-state index contributed by atoms with van der Waals surface area (Å²) in [5, 5.41) is 1.82. The van der Waals surface area contributed by atoms with E-state index in [4.69, 9.17) is 0 Å².